The van der Waals surface area contributed by atoms with Crippen molar-refractivity contribution < 1.29 is 39.8 Å². The van der Waals surface area contributed by atoms with Gasteiger partial charge in [0.25, 0.3) is 0 Å². The SMILES string of the molecule is CCCCCC/C=C/C(O)C(COC1OC(CO)C(O)C(O)C1O)NC(=O)CCCCCCCCCCCCCCCCCCCCCCCCCCCC/C=C\C/C=C\C/C=C\CCCCCCC. The molecule has 1 fully saturated rings. The normalized spacial score (nSPS) is 19.7. The standard InChI is InChI=1S/C61H113NO8/c1-3-5-7-9-11-12-13-14-15-16-17-18-19-20-21-22-23-24-25-26-27-28-29-30-31-32-33-34-35-36-37-38-39-40-41-42-43-44-45-47-49-51-57(65)62-54(55(64)50-48-46-10-8-6-4-2)53-69-61-60(68)59(67)58(66)56(52-63)70-61/h13-14,16-17,19-20,48,50,54-56,58-61,63-64,66-68H,3-12,15,18,21-47,49,51-53H2,1-2H3,(H,62,65)/b14-13-,17-16-,20-19-,50-48+. The van der Waals surface area contributed by atoms with E-state index in [1.807, 2.05) is 6.08 Å². The highest BCUT2D eigenvalue weighted by atomic mass is 16.7. The fourth-order valence-corrected chi connectivity index (χ4v) is 9.40. The lowest BCUT2D eigenvalue weighted by Gasteiger charge is -2.40. The first-order chi connectivity index (χ1) is 34.3. The van der Waals surface area contributed by atoms with Crippen molar-refractivity contribution in [1.29, 1.82) is 0 Å². The summed E-state index contributed by atoms with van der Waals surface area (Å²) in [5, 5.41) is 54.0. The number of unbranched alkanes of at least 4 members (excludes halogenated alkanes) is 35. The van der Waals surface area contributed by atoms with Crippen LogP contribution >= 0.6 is 0 Å². The Kier molecular flexibility index (Phi) is 47.9. The minimum Gasteiger partial charge on any atom is -0.394 e. The Hall–Kier alpha value is -1.85. The van der Waals surface area contributed by atoms with Crippen LogP contribution in [0.1, 0.15) is 277 Å². The molecule has 0 aliphatic carbocycles. The second-order valence-electron chi connectivity index (χ2n) is 20.8. The average Bonchev–Trinajstić information content (AvgIpc) is 3.36. The zero-order valence-electron chi connectivity index (χ0n) is 45.5. The average molecular weight is 989 g/mol. The summed E-state index contributed by atoms with van der Waals surface area (Å²) in [4.78, 5) is 12.9. The first-order valence-electron chi connectivity index (χ1n) is 29.9. The van der Waals surface area contributed by atoms with Gasteiger partial charge in [-0.05, 0) is 57.8 Å². The van der Waals surface area contributed by atoms with Crippen molar-refractivity contribution in [2.24, 2.45) is 0 Å². The van der Waals surface area contributed by atoms with E-state index in [1.54, 1.807) is 6.08 Å². The van der Waals surface area contributed by atoms with Gasteiger partial charge in [-0.3, -0.25) is 4.79 Å². The molecule has 1 saturated heterocycles. The highest BCUT2D eigenvalue weighted by Gasteiger charge is 2.44. The van der Waals surface area contributed by atoms with E-state index in [9.17, 15) is 30.3 Å². The number of nitrogens with one attached hydrogen (secondary N) is 1. The number of carbonyl (C=O) groups excluding carboxylic acids is 1. The van der Waals surface area contributed by atoms with Crippen molar-refractivity contribution >= 4 is 5.91 Å². The van der Waals surface area contributed by atoms with Crippen molar-refractivity contribution in [3.8, 4) is 0 Å². The number of rotatable bonds is 51. The second-order valence-corrected chi connectivity index (χ2v) is 20.8. The van der Waals surface area contributed by atoms with E-state index in [4.69, 9.17) is 9.47 Å². The molecule has 0 aromatic carbocycles. The molecule has 0 aromatic heterocycles. The molecule has 7 atom stereocenters. The predicted molar refractivity (Wildman–Crippen MR) is 295 cm³/mol. The first kappa shape index (κ1) is 66.2. The molecule has 7 unspecified atom stereocenters. The number of hydrogen-bond acceptors (Lipinski definition) is 8. The van der Waals surface area contributed by atoms with Crippen molar-refractivity contribution in [3.05, 3.63) is 48.6 Å². The van der Waals surface area contributed by atoms with Crippen LogP contribution in [0.25, 0.3) is 0 Å². The number of ether oxygens (including phenoxy) is 2. The maximum Gasteiger partial charge on any atom is 0.220 e. The van der Waals surface area contributed by atoms with Crippen molar-refractivity contribution in [1.82, 2.24) is 5.32 Å². The van der Waals surface area contributed by atoms with Gasteiger partial charge in [-0.2, -0.15) is 0 Å². The number of carbonyl (C=O) groups is 1. The molecule has 6 N–H and O–H groups in total. The number of amides is 1. The molecule has 1 rings (SSSR count). The van der Waals surface area contributed by atoms with Crippen LogP contribution in [0.5, 0.6) is 0 Å². The van der Waals surface area contributed by atoms with Gasteiger partial charge in [0.2, 0.25) is 5.91 Å². The summed E-state index contributed by atoms with van der Waals surface area (Å²) < 4.78 is 11.2. The van der Waals surface area contributed by atoms with Gasteiger partial charge >= 0.3 is 0 Å². The molecule has 0 radical (unpaired) electrons. The zero-order valence-corrected chi connectivity index (χ0v) is 45.5. The van der Waals surface area contributed by atoms with Crippen LogP contribution in [-0.4, -0.2) is 87.5 Å². The van der Waals surface area contributed by atoms with Crippen LogP contribution in [0.2, 0.25) is 0 Å². The molecule has 70 heavy (non-hydrogen) atoms. The Bertz CT molecular complexity index is 1240. The Morgan fingerprint density at radius 3 is 1.26 bits per heavy atom. The highest BCUT2D eigenvalue weighted by molar-refractivity contribution is 5.76. The summed E-state index contributed by atoms with van der Waals surface area (Å²) >= 11 is 0. The van der Waals surface area contributed by atoms with Crippen molar-refractivity contribution in [2.45, 2.75) is 320 Å². The summed E-state index contributed by atoms with van der Waals surface area (Å²) in [5.74, 6) is -0.179. The summed E-state index contributed by atoms with van der Waals surface area (Å²) in [6.45, 7) is 3.69. The summed E-state index contributed by atoms with van der Waals surface area (Å²) in [7, 11) is 0. The lowest BCUT2D eigenvalue weighted by Crippen LogP contribution is -2.60. The largest absolute Gasteiger partial charge is 0.394 e. The molecular weight excluding hydrogens is 875 g/mol. The van der Waals surface area contributed by atoms with E-state index < -0.39 is 49.5 Å². The zero-order chi connectivity index (χ0) is 50.8. The fraction of sp³-hybridized carbons (Fsp3) is 0.852. The van der Waals surface area contributed by atoms with Crippen LogP contribution in [0.15, 0.2) is 48.6 Å². The minimum absolute atomic E-state index is 0.179. The number of aliphatic hydroxyl groups is 5. The molecule has 9 nitrogen and oxygen atoms in total. The fourth-order valence-electron chi connectivity index (χ4n) is 9.40. The lowest BCUT2D eigenvalue weighted by atomic mass is 9.99. The summed E-state index contributed by atoms with van der Waals surface area (Å²) in [6.07, 6.45) is 61.3. The molecule has 0 aromatic rings. The third kappa shape index (κ3) is 39.7. The molecule has 1 amide bonds. The van der Waals surface area contributed by atoms with Gasteiger partial charge in [0.1, 0.15) is 24.4 Å². The second kappa shape index (κ2) is 50.7. The van der Waals surface area contributed by atoms with Gasteiger partial charge in [-0.25, -0.2) is 0 Å². The van der Waals surface area contributed by atoms with Gasteiger partial charge < -0.3 is 40.3 Å². The summed E-state index contributed by atoms with van der Waals surface area (Å²) in [6, 6.07) is -0.799. The van der Waals surface area contributed by atoms with Crippen LogP contribution in [-0.2, 0) is 14.3 Å². The van der Waals surface area contributed by atoms with Crippen LogP contribution in [0.3, 0.4) is 0 Å². The Morgan fingerprint density at radius 2 is 0.843 bits per heavy atom. The molecule has 0 spiro atoms. The third-order valence-electron chi connectivity index (χ3n) is 14.1. The van der Waals surface area contributed by atoms with Crippen molar-refractivity contribution in [2.75, 3.05) is 13.2 Å². The lowest BCUT2D eigenvalue weighted by molar-refractivity contribution is -0.302. The molecule has 1 aliphatic rings. The topological polar surface area (TPSA) is 149 Å². The number of allylic oxidation sites excluding steroid dienone is 7. The van der Waals surface area contributed by atoms with Gasteiger partial charge in [0.15, 0.2) is 6.29 Å². The van der Waals surface area contributed by atoms with E-state index in [0.717, 1.165) is 57.8 Å². The Balaban J connectivity index is 1.93. The highest BCUT2D eigenvalue weighted by Crippen LogP contribution is 2.23. The Morgan fingerprint density at radius 1 is 0.486 bits per heavy atom. The Labute approximate surface area is 431 Å². The van der Waals surface area contributed by atoms with E-state index in [1.165, 1.54) is 199 Å². The smallest absolute Gasteiger partial charge is 0.220 e. The van der Waals surface area contributed by atoms with Crippen LogP contribution < -0.4 is 5.32 Å². The molecule has 1 heterocycles. The third-order valence-corrected chi connectivity index (χ3v) is 14.1. The molecule has 410 valence electrons. The van der Waals surface area contributed by atoms with Gasteiger partial charge in [0.05, 0.1) is 25.4 Å². The number of hydrogen-bond donors (Lipinski definition) is 6. The van der Waals surface area contributed by atoms with Crippen LogP contribution in [0, 0.1) is 0 Å². The first-order valence-corrected chi connectivity index (χ1v) is 29.9. The van der Waals surface area contributed by atoms with Gasteiger partial charge in [-0.1, -0.05) is 262 Å². The molecule has 0 bridgehead atoms. The van der Waals surface area contributed by atoms with Crippen molar-refractivity contribution in [3.63, 3.8) is 0 Å². The molecular formula is C61H113NO8. The summed E-state index contributed by atoms with van der Waals surface area (Å²) in [5.41, 5.74) is 0. The maximum atomic E-state index is 12.9. The van der Waals surface area contributed by atoms with Gasteiger partial charge in [-0.15, -0.1) is 0 Å². The van der Waals surface area contributed by atoms with E-state index in [-0.39, 0.29) is 12.5 Å². The van der Waals surface area contributed by atoms with E-state index >= 15 is 0 Å². The molecule has 0 saturated carbocycles. The quantitative estimate of drug-likeness (QED) is 0.0261. The van der Waals surface area contributed by atoms with Crippen LogP contribution in [0.4, 0.5) is 0 Å². The minimum atomic E-state index is -1.56. The molecule has 1 aliphatic heterocycles. The van der Waals surface area contributed by atoms with E-state index in [2.05, 4.69) is 55.6 Å². The monoisotopic (exact) mass is 988 g/mol. The predicted octanol–water partition coefficient (Wildman–Crippen LogP) is 14.9. The van der Waals surface area contributed by atoms with E-state index in [0.29, 0.717) is 6.42 Å². The molecule has 9 heteroatoms. The van der Waals surface area contributed by atoms with Gasteiger partial charge in [0, 0.05) is 6.42 Å². The number of aliphatic hydroxyl groups excluding tert-OH is 5. The maximum absolute atomic E-state index is 12.9.